The van der Waals surface area contributed by atoms with Gasteiger partial charge in [0.05, 0.1) is 0 Å². The highest BCUT2D eigenvalue weighted by Gasteiger charge is 2.54. The van der Waals surface area contributed by atoms with E-state index in [-0.39, 0.29) is 40.5 Å². The molecule has 0 saturated heterocycles. The molecule has 0 N–H and O–H groups in total. The molecule has 0 aromatic rings. The zero-order valence-corrected chi connectivity index (χ0v) is 20.5. The SMILES string of the molecule is CC(C)[C@@H]1[C@H]2CCCCCCCCC(=O)C[C@@H]1C(=O)[C@@H]2O[Si](C)(C)C(C)(C)C. The number of carbonyl (C=O) groups is 2. The number of fused-ring (bicyclic) bond motifs is 2. The van der Waals surface area contributed by atoms with E-state index in [1.54, 1.807) is 0 Å². The zero-order valence-electron chi connectivity index (χ0n) is 19.5. The molecule has 2 rings (SSSR count). The first-order valence-electron chi connectivity index (χ1n) is 11.7. The predicted molar refractivity (Wildman–Crippen MR) is 119 cm³/mol. The normalized spacial score (nSPS) is 31.4. The number of hydrogen-bond acceptors (Lipinski definition) is 3. The third-order valence-corrected chi connectivity index (χ3v) is 12.1. The van der Waals surface area contributed by atoms with Gasteiger partial charge in [0.15, 0.2) is 14.1 Å². The highest BCUT2D eigenvalue weighted by Crippen LogP contribution is 2.48. The maximum absolute atomic E-state index is 13.6. The van der Waals surface area contributed by atoms with E-state index in [0.717, 1.165) is 19.3 Å². The average Bonchev–Trinajstić information content (AvgIpc) is 2.81. The molecule has 3 nitrogen and oxygen atoms in total. The summed E-state index contributed by atoms with van der Waals surface area (Å²) in [6.07, 6.45) is 8.89. The van der Waals surface area contributed by atoms with Gasteiger partial charge in [0.2, 0.25) is 0 Å². The van der Waals surface area contributed by atoms with Crippen LogP contribution in [0.5, 0.6) is 0 Å². The molecule has 4 heteroatoms. The second-order valence-corrected chi connectivity index (χ2v) is 16.0. The van der Waals surface area contributed by atoms with E-state index in [9.17, 15) is 9.59 Å². The summed E-state index contributed by atoms with van der Waals surface area (Å²) < 4.78 is 6.76. The van der Waals surface area contributed by atoms with Crippen LogP contribution in [0.15, 0.2) is 0 Å². The molecule has 2 bridgehead atoms. The number of rotatable bonds is 3. The topological polar surface area (TPSA) is 43.4 Å². The Bertz CT molecular complexity index is 547. The molecule has 162 valence electrons. The minimum atomic E-state index is -2.04. The fraction of sp³-hybridized carbons (Fsp3) is 0.917. The van der Waals surface area contributed by atoms with E-state index in [1.165, 1.54) is 25.7 Å². The summed E-state index contributed by atoms with van der Waals surface area (Å²) in [6, 6.07) is 0. The Balaban J connectivity index is 2.34. The molecule has 0 aromatic carbocycles. The highest BCUT2D eigenvalue weighted by atomic mass is 28.4. The summed E-state index contributed by atoms with van der Waals surface area (Å²) in [5, 5.41) is 0.0832. The van der Waals surface area contributed by atoms with Gasteiger partial charge in [0, 0.05) is 18.8 Å². The summed E-state index contributed by atoms with van der Waals surface area (Å²) in [7, 11) is -2.04. The van der Waals surface area contributed by atoms with Crippen LogP contribution in [0.1, 0.15) is 92.4 Å². The molecule has 0 amide bonds. The lowest BCUT2D eigenvalue weighted by atomic mass is 9.76. The molecule has 0 aliphatic heterocycles. The monoisotopic (exact) mass is 408 g/mol. The van der Waals surface area contributed by atoms with Gasteiger partial charge in [-0.05, 0) is 48.7 Å². The van der Waals surface area contributed by atoms with Crippen molar-refractivity contribution in [2.45, 2.75) is 117 Å². The number of Topliss-reactive ketones (excluding diaryl/α,β-unsaturated/α-hetero) is 2. The van der Waals surface area contributed by atoms with Crippen molar-refractivity contribution in [3.05, 3.63) is 0 Å². The highest BCUT2D eigenvalue weighted by molar-refractivity contribution is 6.74. The largest absolute Gasteiger partial charge is 0.407 e. The van der Waals surface area contributed by atoms with Crippen molar-refractivity contribution in [1.82, 2.24) is 0 Å². The van der Waals surface area contributed by atoms with Crippen LogP contribution >= 0.6 is 0 Å². The smallest absolute Gasteiger partial charge is 0.193 e. The van der Waals surface area contributed by atoms with Crippen molar-refractivity contribution in [2.75, 3.05) is 0 Å². The van der Waals surface area contributed by atoms with Gasteiger partial charge < -0.3 is 4.43 Å². The van der Waals surface area contributed by atoms with Crippen LogP contribution in [0.4, 0.5) is 0 Å². The molecular formula is C24H44O3Si. The Morgan fingerprint density at radius 3 is 2.11 bits per heavy atom. The first-order chi connectivity index (χ1) is 13.0. The Kier molecular flexibility index (Phi) is 8.12. The summed E-state index contributed by atoms with van der Waals surface area (Å²) in [5.41, 5.74) is 0. The lowest BCUT2D eigenvalue weighted by Crippen LogP contribution is -2.47. The van der Waals surface area contributed by atoms with Crippen LogP contribution in [0, 0.1) is 23.7 Å². The molecule has 0 unspecified atom stereocenters. The molecule has 2 saturated carbocycles. The molecule has 0 radical (unpaired) electrons. The maximum atomic E-state index is 13.6. The van der Waals surface area contributed by atoms with Crippen molar-refractivity contribution >= 4 is 19.9 Å². The Labute approximate surface area is 174 Å². The van der Waals surface area contributed by atoms with E-state index >= 15 is 0 Å². The van der Waals surface area contributed by atoms with Crippen molar-refractivity contribution in [1.29, 1.82) is 0 Å². The van der Waals surface area contributed by atoms with Gasteiger partial charge in [-0.3, -0.25) is 9.59 Å². The van der Waals surface area contributed by atoms with Gasteiger partial charge >= 0.3 is 0 Å². The van der Waals surface area contributed by atoms with Crippen LogP contribution in [0.2, 0.25) is 18.1 Å². The molecule has 2 aliphatic carbocycles. The van der Waals surface area contributed by atoms with Crippen molar-refractivity contribution in [2.24, 2.45) is 23.7 Å². The third kappa shape index (κ3) is 5.56. The number of carbonyl (C=O) groups excluding carboxylic acids is 2. The van der Waals surface area contributed by atoms with Gasteiger partial charge in [-0.1, -0.05) is 66.7 Å². The number of hydrogen-bond donors (Lipinski definition) is 0. The fourth-order valence-electron chi connectivity index (χ4n) is 5.05. The van der Waals surface area contributed by atoms with E-state index in [4.69, 9.17) is 4.43 Å². The zero-order chi connectivity index (χ0) is 21.1. The van der Waals surface area contributed by atoms with Crippen LogP contribution in [-0.2, 0) is 14.0 Å². The van der Waals surface area contributed by atoms with E-state index in [2.05, 4.69) is 47.7 Å². The first-order valence-corrected chi connectivity index (χ1v) is 14.6. The van der Waals surface area contributed by atoms with Crippen molar-refractivity contribution < 1.29 is 14.0 Å². The molecular weight excluding hydrogens is 364 g/mol. The minimum absolute atomic E-state index is 0.0832. The molecule has 0 spiro atoms. The van der Waals surface area contributed by atoms with Gasteiger partial charge in [-0.15, -0.1) is 0 Å². The molecule has 0 heterocycles. The lowest BCUT2D eigenvalue weighted by molar-refractivity contribution is -0.131. The first kappa shape index (κ1) is 23.8. The van der Waals surface area contributed by atoms with Crippen LogP contribution in [0.3, 0.4) is 0 Å². The molecule has 4 atom stereocenters. The molecule has 0 aromatic heterocycles. The molecule has 28 heavy (non-hydrogen) atoms. The van der Waals surface area contributed by atoms with Crippen LogP contribution < -0.4 is 0 Å². The Morgan fingerprint density at radius 2 is 1.54 bits per heavy atom. The maximum Gasteiger partial charge on any atom is 0.193 e. The average molecular weight is 409 g/mol. The second kappa shape index (κ2) is 9.55. The van der Waals surface area contributed by atoms with Crippen molar-refractivity contribution in [3.63, 3.8) is 0 Å². The second-order valence-electron chi connectivity index (χ2n) is 11.2. The summed E-state index contributed by atoms with van der Waals surface area (Å²) in [5.74, 6) is 1.36. The fourth-order valence-corrected chi connectivity index (χ4v) is 6.33. The van der Waals surface area contributed by atoms with Crippen LogP contribution in [0.25, 0.3) is 0 Å². The van der Waals surface area contributed by atoms with Gasteiger partial charge in [0.25, 0.3) is 0 Å². The Morgan fingerprint density at radius 1 is 0.964 bits per heavy atom. The van der Waals surface area contributed by atoms with Gasteiger partial charge in [0.1, 0.15) is 11.9 Å². The minimum Gasteiger partial charge on any atom is -0.407 e. The third-order valence-electron chi connectivity index (χ3n) is 7.68. The summed E-state index contributed by atoms with van der Waals surface area (Å²) in [6.45, 7) is 15.7. The lowest BCUT2D eigenvalue weighted by Gasteiger charge is -2.40. The molecule has 2 fully saturated rings. The van der Waals surface area contributed by atoms with Crippen LogP contribution in [-0.4, -0.2) is 26.0 Å². The number of ketones is 2. The van der Waals surface area contributed by atoms with Gasteiger partial charge in [-0.25, -0.2) is 0 Å². The summed E-state index contributed by atoms with van der Waals surface area (Å²) >= 11 is 0. The van der Waals surface area contributed by atoms with E-state index in [1.807, 2.05) is 0 Å². The van der Waals surface area contributed by atoms with E-state index < -0.39 is 8.32 Å². The van der Waals surface area contributed by atoms with E-state index in [0.29, 0.717) is 18.8 Å². The Hall–Kier alpha value is -0.483. The summed E-state index contributed by atoms with van der Waals surface area (Å²) in [4.78, 5) is 26.2. The molecule has 2 aliphatic rings. The quantitative estimate of drug-likeness (QED) is 0.497. The standard InChI is InChI=1S/C24H44O3Si/c1-17(2)21-19-15-13-11-9-8-10-12-14-18(25)16-20(21)22(26)23(19)27-28(6,7)24(3,4)5/h17,19-21,23H,8-16H2,1-7H3/t19-,20+,21-,23-/m1/s1. The van der Waals surface area contributed by atoms with Gasteiger partial charge in [-0.2, -0.15) is 0 Å². The predicted octanol–water partition coefficient (Wildman–Crippen LogP) is 6.56. The van der Waals surface area contributed by atoms with Crippen molar-refractivity contribution in [3.8, 4) is 0 Å².